The smallest absolute Gasteiger partial charge is 0.270 e. The van der Waals surface area contributed by atoms with Crippen LogP contribution in [0.25, 0.3) is 0 Å². The molecule has 0 aliphatic carbocycles. The highest BCUT2D eigenvalue weighted by Gasteiger charge is 2.30. The van der Waals surface area contributed by atoms with Crippen molar-refractivity contribution in [1.29, 1.82) is 0 Å². The minimum atomic E-state index is -3.69. The lowest BCUT2D eigenvalue weighted by Crippen LogP contribution is -2.51. The SMILES string of the molecule is Cc1ccc([N+](=O)[O-])cc1S(=O)(=O)N1CCN[C@@H](C)C1.Cl. The van der Waals surface area contributed by atoms with Gasteiger partial charge in [-0.1, -0.05) is 6.07 Å². The third-order valence-corrected chi connectivity index (χ3v) is 5.34. The molecule has 9 heteroatoms. The molecule has 0 radical (unpaired) electrons. The van der Waals surface area contributed by atoms with E-state index < -0.39 is 14.9 Å². The van der Waals surface area contributed by atoms with Crippen molar-refractivity contribution in [1.82, 2.24) is 9.62 Å². The molecular formula is C12H18ClN3O4S. The van der Waals surface area contributed by atoms with Crippen LogP contribution in [-0.4, -0.2) is 43.3 Å². The van der Waals surface area contributed by atoms with Crippen LogP contribution in [0.15, 0.2) is 23.1 Å². The second-order valence-corrected chi connectivity index (χ2v) is 6.83. The third kappa shape index (κ3) is 3.70. The fourth-order valence-electron chi connectivity index (χ4n) is 2.23. The van der Waals surface area contributed by atoms with E-state index in [1.165, 1.54) is 16.4 Å². The maximum atomic E-state index is 12.6. The summed E-state index contributed by atoms with van der Waals surface area (Å²) in [5, 5.41) is 14.0. The second-order valence-electron chi connectivity index (χ2n) is 4.93. The van der Waals surface area contributed by atoms with Gasteiger partial charge in [-0.25, -0.2) is 8.42 Å². The number of rotatable bonds is 3. The molecule has 0 aromatic heterocycles. The van der Waals surface area contributed by atoms with Gasteiger partial charge in [0.1, 0.15) is 0 Å². The third-order valence-electron chi connectivity index (χ3n) is 3.33. The standard InChI is InChI=1S/C12H17N3O4S.ClH/c1-9-3-4-11(15(16)17)7-12(9)20(18,19)14-6-5-13-10(2)8-14;/h3-4,7,10,13H,5-6,8H2,1-2H3;1H/t10-;/m0./s1. The molecule has 1 aromatic rings. The first-order valence-electron chi connectivity index (χ1n) is 6.31. The van der Waals surface area contributed by atoms with Crippen LogP contribution in [0.2, 0.25) is 0 Å². The molecule has 1 atom stereocenters. The molecule has 1 aliphatic heterocycles. The topological polar surface area (TPSA) is 92.5 Å². The summed E-state index contributed by atoms with van der Waals surface area (Å²) < 4.78 is 26.6. The first kappa shape index (κ1) is 17.8. The highest BCUT2D eigenvalue weighted by Crippen LogP contribution is 2.25. The maximum absolute atomic E-state index is 12.6. The van der Waals surface area contributed by atoms with E-state index in [0.717, 1.165) is 6.07 Å². The van der Waals surface area contributed by atoms with Crippen LogP contribution in [0.5, 0.6) is 0 Å². The van der Waals surface area contributed by atoms with Crippen LogP contribution in [0.4, 0.5) is 5.69 Å². The molecule has 0 unspecified atom stereocenters. The Balaban J connectivity index is 0.00000220. The predicted octanol–water partition coefficient (Wildman–Crippen LogP) is 1.31. The number of nitro groups is 1. The summed E-state index contributed by atoms with van der Waals surface area (Å²) in [7, 11) is -3.69. The quantitative estimate of drug-likeness (QED) is 0.664. The van der Waals surface area contributed by atoms with Crippen LogP contribution < -0.4 is 5.32 Å². The number of nitrogens with one attached hydrogen (secondary N) is 1. The first-order chi connectivity index (χ1) is 9.32. The summed E-state index contributed by atoms with van der Waals surface area (Å²) in [5.41, 5.74) is 0.305. The molecular weight excluding hydrogens is 318 g/mol. The van der Waals surface area contributed by atoms with Crippen LogP contribution in [0.3, 0.4) is 0 Å². The van der Waals surface area contributed by atoms with Crippen LogP contribution in [0, 0.1) is 17.0 Å². The van der Waals surface area contributed by atoms with Crippen molar-refractivity contribution in [3.8, 4) is 0 Å². The summed E-state index contributed by atoms with van der Waals surface area (Å²) >= 11 is 0. The molecule has 1 N–H and O–H groups in total. The van der Waals surface area contributed by atoms with E-state index in [1.54, 1.807) is 6.92 Å². The molecule has 21 heavy (non-hydrogen) atoms. The lowest BCUT2D eigenvalue weighted by Gasteiger charge is -2.31. The highest BCUT2D eigenvalue weighted by atomic mass is 35.5. The van der Waals surface area contributed by atoms with Crippen molar-refractivity contribution in [2.75, 3.05) is 19.6 Å². The van der Waals surface area contributed by atoms with E-state index in [9.17, 15) is 18.5 Å². The number of benzene rings is 1. The lowest BCUT2D eigenvalue weighted by atomic mass is 10.2. The summed E-state index contributed by atoms with van der Waals surface area (Å²) in [5.74, 6) is 0. The number of sulfonamides is 1. The number of halogens is 1. The van der Waals surface area contributed by atoms with E-state index in [2.05, 4.69) is 5.32 Å². The van der Waals surface area contributed by atoms with Gasteiger partial charge < -0.3 is 5.32 Å². The lowest BCUT2D eigenvalue weighted by molar-refractivity contribution is -0.385. The summed E-state index contributed by atoms with van der Waals surface area (Å²) in [6.45, 7) is 4.86. The van der Waals surface area contributed by atoms with Crippen LogP contribution >= 0.6 is 12.4 Å². The van der Waals surface area contributed by atoms with E-state index in [4.69, 9.17) is 0 Å². The fraction of sp³-hybridized carbons (Fsp3) is 0.500. The molecule has 0 saturated carbocycles. The van der Waals surface area contributed by atoms with Gasteiger partial charge in [0.15, 0.2) is 0 Å². The number of aryl methyl sites for hydroxylation is 1. The second kappa shape index (κ2) is 6.69. The number of hydrogen-bond donors (Lipinski definition) is 1. The van der Waals surface area contributed by atoms with E-state index in [-0.39, 0.29) is 29.0 Å². The Morgan fingerprint density at radius 1 is 1.43 bits per heavy atom. The van der Waals surface area contributed by atoms with Crippen molar-refractivity contribution >= 4 is 28.1 Å². The minimum absolute atomic E-state index is 0. The number of non-ortho nitro benzene ring substituents is 1. The Morgan fingerprint density at radius 3 is 2.67 bits per heavy atom. The van der Waals surface area contributed by atoms with Gasteiger partial charge in [0, 0.05) is 37.8 Å². The van der Waals surface area contributed by atoms with Gasteiger partial charge in [0.2, 0.25) is 10.0 Å². The normalized spacial score (nSPS) is 19.8. The van der Waals surface area contributed by atoms with Gasteiger partial charge in [-0.05, 0) is 19.4 Å². The molecule has 1 heterocycles. The molecule has 0 bridgehead atoms. The van der Waals surface area contributed by atoms with E-state index >= 15 is 0 Å². The monoisotopic (exact) mass is 335 g/mol. The number of piperazine rings is 1. The summed E-state index contributed by atoms with van der Waals surface area (Å²) in [6.07, 6.45) is 0. The highest BCUT2D eigenvalue weighted by molar-refractivity contribution is 7.89. The molecule has 1 saturated heterocycles. The molecule has 118 valence electrons. The van der Waals surface area contributed by atoms with Gasteiger partial charge in [-0.15, -0.1) is 12.4 Å². The Bertz CT molecular complexity index is 635. The average molecular weight is 336 g/mol. The van der Waals surface area contributed by atoms with Gasteiger partial charge in [0.05, 0.1) is 9.82 Å². The minimum Gasteiger partial charge on any atom is -0.312 e. The van der Waals surface area contributed by atoms with E-state index in [1.807, 2.05) is 6.92 Å². The number of nitro benzene ring substituents is 1. The zero-order valence-electron chi connectivity index (χ0n) is 11.8. The molecule has 2 rings (SSSR count). The fourth-order valence-corrected chi connectivity index (χ4v) is 4.01. The van der Waals surface area contributed by atoms with Crippen LogP contribution in [0.1, 0.15) is 12.5 Å². The van der Waals surface area contributed by atoms with Crippen molar-refractivity contribution in [2.45, 2.75) is 24.8 Å². The molecule has 0 amide bonds. The van der Waals surface area contributed by atoms with Gasteiger partial charge in [0.25, 0.3) is 5.69 Å². The molecule has 1 aliphatic rings. The molecule has 1 fully saturated rings. The Hall–Kier alpha value is -1.22. The largest absolute Gasteiger partial charge is 0.312 e. The van der Waals surface area contributed by atoms with Crippen molar-refractivity contribution in [2.24, 2.45) is 0 Å². The van der Waals surface area contributed by atoms with Crippen molar-refractivity contribution < 1.29 is 13.3 Å². The van der Waals surface area contributed by atoms with Crippen LogP contribution in [-0.2, 0) is 10.0 Å². The summed E-state index contributed by atoms with van der Waals surface area (Å²) in [6, 6.07) is 3.99. The zero-order chi connectivity index (χ0) is 14.9. The Labute approximate surface area is 129 Å². The van der Waals surface area contributed by atoms with Gasteiger partial charge in [-0.2, -0.15) is 4.31 Å². The Kier molecular flexibility index (Phi) is 5.68. The van der Waals surface area contributed by atoms with E-state index in [0.29, 0.717) is 25.2 Å². The number of hydrogen-bond acceptors (Lipinski definition) is 5. The zero-order valence-corrected chi connectivity index (χ0v) is 13.4. The Morgan fingerprint density at radius 2 is 2.10 bits per heavy atom. The summed E-state index contributed by atoms with van der Waals surface area (Å²) in [4.78, 5) is 10.2. The van der Waals surface area contributed by atoms with Gasteiger partial charge >= 0.3 is 0 Å². The average Bonchev–Trinajstić information content (AvgIpc) is 2.38. The molecule has 1 aromatic carbocycles. The number of nitrogens with zero attached hydrogens (tertiary/aromatic N) is 2. The van der Waals surface area contributed by atoms with Crippen molar-refractivity contribution in [3.05, 3.63) is 33.9 Å². The predicted molar refractivity (Wildman–Crippen MR) is 81.3 cm³/mol. The molecule has 7 nitrogen and oxygen atoms in total. The van der Waals surface area contributed by atoms with Gasteiger partial charge in [-0.3, -0.25) is 10.1 Å². The molecule has 0 spiro atoms. The maximum Gasteiger partial charge on any atom is 0.270 e. The first-order valence-corrected chi connectivity index (χ1v) is 7.75. The van der Waals surface area contributed by atoms with Crippen molar-refractivity contribution in [3.63, 3.8) is 0 Å².